The molecule has 2 atom stereocenters. The van der Waals surface area contributed by atoms with Crippen LogP contribution in [-0.4, -0.2) is 11.0 Å². The third kappa shape index (κ3) is 2.20. The summed E-state index contributed by atoms with van der Waals surface area (Å²) in [6.07, 6.45) is 9.52. The summed E-state index contributed by atoms with van der Waals surface area (Å²) in [6.45, 7) is 0. The Kier molecular flexibility index (Phi) is 3.23. The molecule has 0 spiro atoms. The molecule has 0 nitrogen and oxygen atoms in total. The smallest absolute Gasteiger partial charge is 0.0465 e. The van der Waals surface area contributed by atoms with Gasteiger partial charge in [-0.1, -0.05) is 18.2 Å². The Morgan fingerprint density at radius 1 is 1.20 bits per heavy atom. The molecule has 0 aromatic carbocycles. The number of allylic oxidation sites excluding steroid dienone is 3. The normalized spacial score (nSPS) is 35.3. The Hall–Kier alpha value is 0.270. The minimum Gasteiger partial charge on any atom is -0.129 e. The van der Waals surface area contributed by atoms with Crippen molar-refractivity contribution < 1.29 is 0 Å². The third-order valence-electron chi connectivity index (χ3n) is 2.85. The highest BCUT2D eigenvalue weighted by Gasteiger charge is 2.30. The maximum atomic E-state index is 2.52. The molecule has 0 amide bonds. The molecule has 1 radical (unpaired) electrons. The number of rotatable bonds is 2. The molecule has 79 valence electrons. The van der Waals surface area contributed by atoms with E-state index < -0.39 is 0 Å². The van der Waals surface area contributed by atoms with E-state index >= 15 is 0 Å². The highest BCUT2D eigenvalue weighted by molar-refractivity contribution is 8.08. The molecule has 0 aromatic heterocycles. The summed E-state index contributed by atoms with van der Waals surface area (Å²) in [5.74, 6) is 2.00. The van der Waals surface area contributed by atoms with Crippen LogP contribution in [0.3, 0.4) is 0 Å². The van der Waals surface area contributed by atoms with Gasteiger partial charge in [0.2, 0.25) is 0 Å². The molecule has 3 aliphatic heterocycles. The molecule has 0 fully saturated rings. The lowest BCUT2D eigenvalue weighted by Gasteiger charge is -2.12. The van der Waals surface area contributed by atoms with Gasteiger partial charge in [-0.25, -0.2) is 0 Å². The van der Waals surface area contributed by atoms with Gasteiger partial charge in [0.1, 0.15) is 0 Å². The van der Waals surface area contributed by atoms with Gasteiger partial charge in [0.25, 0.3) is 0 Å². The average molecular weight is 253 g/mol. The Morgan fingerprint density at radius 2 is 2.20 bits per heavy atom. The van der Waals surface area contributed by atoms with E-state index in [1.165, 1.54) is 18.6 Å². The molecule has 15 heavy (non-hydrogen) atoms. The molecule has 0 N–H and O–H groups in total. The van der Waals surface area contributed by atoms with E-state index in [4.69, 9.17) is 0 Å². The predicted octanol–water partition coefficient (Wildman–Crippen LogP) is 4.44. The third-order valence-corrected chi connectivity index (χ3v) is 6.50. The lowest BCUT2D eigenvalue weighted by atomic mass is 10.0. The summed E-state index contributed by atoms with van der Waals surface area (Å²) in [5, 5.41) is 6.87. The van der Waals surface area contributed by atoms with Crippen molar-refractivity contribution in [1.29, 1.82) is 0 Å². The molecule has 3 aliphatic rings. The number of thioether (sulfide) groups is 3. The zero-order valence-corrected chi connectivity index (χ0v) is 10.8. The molecule has 3 heterocycles. The Bertz CT molecular complexity index is 314. The van der Waals surface area contributed by atoms with E-state index in [-0.39, 0.29) is 0 Å². The van der Waals surface area contributed by atoms with Crippen LogP contribution in [0, 0.1) is 11.2 Å². The monoisotopic (exact) mass is 253 g/mol. The number of hydrogen-bond acceptors (Lipinski definition) is 3. The van der Waals surface area contributed by atoms with Gasteiger partial charge in [-0.2, -0.15) is 0 Å². The maximum absolute atomic E-state index is 2.52. The van der Waals surface area contributed by atoms with E-state index in [9.17, 15) is 0 Å². The van der Waals surface area contributed by atoms with Crippen molar-refractivity contribution in [3.63, 3.8) is 0 Å². The number of hydrogen-bond donors (Lipinski definition) is 0. The summed E-state index contributed by atoms with van der Waals surface area (Å²) in [5.41, 5.74) is 0. The first-order valence-corrected chi connectivity index (χ1v) is 8.06. The second-order valence-corrected chi connectivity index (χ2v) is 7.12. The van der Waals surface area contributed by atoms with Crippen molar-refractivity contribution in [2.45, 2.75) is 18.1 Å². The highest BCUT2D eigenvalue weighted by atomic mass is 32.2. The summed E-state index contributed by atoms with van der Waals surface area (Å²) in [4.78, 5) is 1.62. The molecule has 0 aliphatic carbocycles. The first-order chi connectivity index (χ1) is 7.43. The lowest BCUT2D eigenvalue weighted by molar-refractivity contribution is 0.819. The molecule has 0 saturated heterocycles. The van der Waals surface area contributed by atoms with Crippen LogP contribution in [0.1, 0.15) is 12.8 Å². The lowest BCUT2D eigenvalue weighted by Crippen LogP contribution is -2.03. The summed E-state index contributed by atoms with van der Waals surface area (Å²) >= 11 is 6.00. The van der Waals surface area contributed by atoms with E-state index in [2.05, 4.69) is 40.8 Å². The van der Waals surface area contributed by atoms with Gasteiger partial charge >= 0.3 is 0 Å². The van der Waals surface area contributed by atoms with Crippen LogP contribution < -0.4 is 0 Å². The van der Waals surface area contributed by atoms with Crippen LogP contribution >= 0.6 is 35.3 Å². The minimum atomic E-state index is 0.728. The van der Waals surface area contributed by atoms with Gasteiger partial charge in [-0.05, 0) is 28.6 Å². The van der Waals surface area contributed by atoms with E-state index in [1.54, 1.807) is 10.2 Å². The fourth-order valence-corrected chi connectivity index (χ4v) is 5.44. The van der Waals surface area contributed by atoms with Crippen molar-refractivity contribution in [2.24, 2.45) is 5.92 Å². The van der Waals surface area contributed by atoms with Gasteiger partial charge in [-0.3, -0.25) is 0 Å². The van der Waals surface area contributed by atoms with Crippen LogP contribution in [0.25, 0.3) is 0 Å². The molecule has 0 aromatic rings. The molecule has 2 unspecified atom stereocenters. The summed E-state index contributed by atoms with van der Waals surface area (Å²) < 4.78 is 0. The van der Waals surface area contributed by atoms with Crippen molar-refractivity contribution in [3.8, 4) is 0 Å². The van der Waals surface area contributed by atoms with Crippen LogP contribution in [0.15, 0.2) is 33.9 Å². The molecule has 0 saturated carbocycles. The molecular weight excluding hydrogens is 240 g/mol. The largest absolute Gasteiger partial charge is 0.129 e. The topological polar surface area (TPSA) is 0 Å². The average Bonchev–Trinajstić information content (AvgIpc) is 3.02. The van der Waals surface area contributed by atoms with Gasteiger partial charge in [0, 0.05) is 22.2 Å². The Balaban J connectivity index is 1.64. The first-order valence-electron chi connectivity index (χ1n) is 5.26. The minimum absolute atomic E-state index is 0.728. The quantitative estimate of drug-likeness (QED) is 0.714. The maximum Gasteiger partial charge on any atom is 0.0465 e. The van der Waals surface area contributed by atoms with Crippen LogP contribution in [-0.2, 0) is 0 Å². The molecule has 3 heteroatoms. The summed E-state index contributed by atoms with van der Waals surface area (Å²) in [6, 6.07) is 0. The highest BCUT2D eigenvalue weighted by Crippen LogP contribution is 2.48. The van der Waals surface area contributed by atoms with E-state index in [0.717, 1.165) is 11.2 Å². The molecule has 0 bridgehead atoms. The van der Waals surface area contributed by atoms with E-state index in [1.807, 2.05) is 23.5 Å². The Morgan fingerprint density at radius 3 is 2.93 bits per heavy atom. The second-order valence-electron chi connectivity index (χ2n) is 3.88. The fourth-order valence-electron chi connectivity index (χ4n) is 2.02. The molecular formula is C12H13S3. The second kappa shape index (κ2) is 4.64. The van der Waals surface area contributed by atoms with Crippen molar-refractivity contribution >= 4 is 35.3 Å². The first kappa shape index (κ1) is 10.4. The zero-order chi connectivity index (χ0) is 10.1. The van der Waals surface area contributed by atoms with Crippen molar-refractivity contribution in [3.05, 3.63) is 39.2 Å². The van der Waals surface area contributed by atoms with Crippen molar-refractivity contribution in [1.82, 2.24) is 0 Å². The SMILES string of the molecule is C1=CS[C](C2C=C(C3CC=CS3)SC2)C1. The predicted molar refractivity (Wildman–Crippen MR) is 73.8 cm³/mol. The van der Waals surface area contributed by atoms with E-state index in [0.29, 0.717) is 0 Å². The molecule has 3 rings (SSSR count). The van der Waals surface area contributed by atoms with Crippen LogP contribution in [0.4, 0.5) is 0 Å². The van der Waals surface area contributed by atoms with Crippen LogP contribution in [0.5, 0.6) is 0 Å². The fraction of sp³-hybridized carbons (Fsp3) is 0.417. The van der Waals surface area contributed by atoms with Crippen LogP contribution in [0.2, 0.25) is 0 Å². The Labute approximate surface area is 104 Å². The summed E-state index contributed by atoms with van der Waals surface area (Å²) in [7, 11) is 0. The van der Waals surface area contributed by atoms with Gasteiger partial charge < -0.3 is 0 Å². The van der Waals surface area contributed by atoms with Gasteiger partial charge in [0.15, 0.2) is 0 Å². The standard InChI is InChI=1S/C12H13S3/c1-3-10(13-5-1)9-7-12(15-8-9)11-4-2-6-14-11/h1-2,5-7,9,11H,3-4,8H2. The zero-order valence-electron chi connectivity index (χ0n) is 8.39. The van der Waals surface area contributed by atoms with Crippen molar-refractivity contribution in [2.75, 3.05) is 5.75 Å². The van der Waals surface area contributed by atoms with Gasteiger partial charge in [-0.15, -0.1) is 35.3 Å². The van der Waals surface area contributed by atoms with Gasteiger partial charge in [0.05, 0.1) is 0 Å².